The molecule has 0 spiro atoms. The lowest BCUT2D eigenvalue weighted by atomic mass is 10.1. The van der Waals surface area contributed by atoms with Gasteiger partial charge in [0, 0.05) is 24.6 Å². The number of pyridine rings is 1. The molecule has 1 heterocycles. The van der Waals surface area contributed by atoms with Crippen molar-refractivity contribution in [2.45, 2.75) is 6.54 Å². The maximum atomic E-state index is 12.6. The van der Waals surface area contributed by atoms with E-state index in [1.807, 2.05) is 18.2 Å². The van der Waals surface area contributed by atoms with Gasteiger partial charge in [0.25, 0.3) is 11.8 Å². The van der Waals surface area contributed by atoms with E-state index in [1.54, 1.807) is 48.7 Å². The lowest BCUT2D eigenvalue weighted by molar-refractivity contribution is 0.0950. The van der Waals surface area contributed by atoms with E-state index in [0.717, 1.165) is 5.56 Å². The van der Waals surface area contributed by atoms with Crippen LogP contribution >= 0.6 is 0 Å². The third-order valence-electron chi connectivity index (χ3n) is 3.98. The van der Waals surface area contributed by atoms with Crippen LogP contribution in [0, 0.1) is 0 Å². The molecule has 2 amide bonds. The topological polar surface area (TPSA) is 80.3 Å². The lowest BCUT2D eigenvalue weighted by Gasteiger charge is -2.13. The molecule has 0 unspecified atom stereocenters. The highest BCUT2D eigenvalue weighted by atomic mass is 16.5. The third kappa shape index (κ3) is 4.49. The van der Waals surface area contributed by atoms with E-state index < -0.39 is 0 Å². The van der Waals surface area contributed by atoms with Crippen molar-refractivity contribution < 1.29 is 14.3 Å². The first-order chi connectivity index (χ1) is 13.2. The number of aromatic nitrogens is 1. The van der Waals surface area contributed by atoms with Crippen molar-refractivity contribution in [1.82, 2.24) is 10.3 Å². The minimum atomic E-state index is -0.279. The molecule has 0 fully saturated rings. The number of ether oxygens (including phenoxy) is 1. The predicted octanol–water partition coefficient (Wildman–Crippen LogP) is 3.27. The quantitative estimate of drug-likeness (QED) is 0.706. The fourth-order valence-corrected chi connectivity index (χ4v) is 2.59. The zero-order chi connectivity index (χ0) is 19.1. The molecule has 3 aromatic rings. The minimum absolute atomic E-state index is 0.228. The van der Waals surface area contributed by atoms with E-state index in [-0.39, 0.29) is 18.4 Å². The van der Waals surface area contributed by atoms with Gasteiger partial charge in [0.1, 0.15) is 5.75 Å². The lowest BCUT2D eigenvalue weighted by Crippen LogP contribution is -2.24. The number of anilines is 1. The molecule has 0 aliphatic heterocycles. The number of carbonyl (C=O) groups is 2. The average molecular weight is 361 g/mol. The van der Waals surface area contributed by atoms with Crippen molar-refractivity contribution >= 4 is 17.5 Å². The number of hydrogen-bond acceptors (Lipinski definition) is 4. The van der Waals surface area contributed by atoms with Gasteiger partial charge in [0.15, 0.2) is 0 Å². The van der Waals surface area contributed by atoms with Crippen LogP contribution in [0.25, 0.3) is 0 Å². The smallest absolute Gasteiger partial charge is 0.259 e. The second-order valence-electron chi connectivity index (χ2n) is 5.74. The van der Waals surface area contributed by atoms with Crippen LogP contribution in [0.15, 0.2) is 73.1 Å². The zero-order valence-corrected chi connectivity index (χ0v) is 14.8. The molecule has 0 atom stereocenters. The number of methoxy groups -OCH3 is 1. The second-order valence-corrected chi connectivity index (χ2v) is 5.74. The number of hydrogen-bond donors (Lipinski definition) is 2. The van der Waals surface area contributed by atoms with Crippen LogP contribution in [-0.4, -0.2) is 23.9 Å². The Hall–Kier alpha value is -3.67. The van der Waals surface area contributed by atoms with Crippen LogP contribution in [0.5, 0.6) is 5.75 Å². The summed E-state index contributed by atoms with van der Waals surface area (Å²) < 4.78 is 5.24. The second kappa shape index (κ2) is 8.62. The molecule has 1 aromatic heterocycles. The van der Waals surface area contributed by atoms with Crippen LogP contribution in [0.2, 0.25) is 0 Å². The van der Waals surface area contributed by atoms with Gasteiger partial charge in [-0.25, -0.2) is 0 Å². The molecule has 0 aliphatic carbocycles. The highest BCUT2D eigenvalue weighted by Gasteiger charge is 2.14. The van der Waals surface area contributed by atoms with Gasteiger partial charge < -0.3 is 15.4 Å². The Balaban J connectivity index is 1.72. The van der Waals surface area contributed by atoms with Crippen molar-refractivity contribution in [1.29, 1.82) is 0 Å². The minimum Gasteiger partial charge on any atom is -0.496 e. The maximum Gasteiger partial charge on any atom is 0.259 e. The SMILES string of the molecule is COc1ccccc1C(=O)Nc1ccccc1CNC(=O)c1cccnc1. The molecule has 6 heteroatoms. The number of benzene rings is 2. The van der Waals surface area contributed by atoms with Gasteiger partial charge in [0.05, 0.1) is 18.2 Å². The number of carbonyl (C=O) groups excluding carboxylic acids is 2. The summed E-state index contributed by atoms with van der Waals surface area (Å²) in [5, 5.41) is 5.72. The first-order valence-electron chi connectivity index (χ1n) is 8.39. The van der Waals surface area contributed by atoms with E-state index in [2.05, 4.69) is 15.6 Å². The normalized spacial score (nSPS) is 10.1. The van der Waals surface area contributed by atoms with Gasteiger partial charge in [-0.1, -0.05) is 30.3 Å². The summed E-state index contributed by atoms with van der Waals surface area (Å²) in [6.45, 7) is 0.274. The number of rotatable bonds is 6. The molecule has 0 bridgehead atoms. The Morgan fingerprint density at radius 1 is 0.963 bits per heavy atom. The third-order valence-corrected chi connectivity index (χ3v) is 3.98. The summed E-state index contributed by atoms with van der Waals surface area (Å²) in [4.78, 5) is 28.8. The number of nitrogens with one attached hydrogen (secondary N) is 2. The Morgan fingerprint density at radius 2 is 1.74 bits per heavy atom. The molecule has 2 N–H and O–H groups in total. The van der Waals surface area contributed by atoms with E-state index in [4.69, 9.17) is 4.74 Å². The van der Waals surface area contributed by atoms with Crippen molar-refractivity contribution in [3.05, 3.63) is 89.7 Å². The molecule has 0 aliphatic rings. The van der Waals surface area contributed by atoms with Crippen LogP contribution in [-0.2, 0) is 6.54 Å². The molecular weight excluding hydrogens is 342 g/mol. The molecule has 0 saturated heterocycles. The van der Waals surface area contributed by atoms with Crippen molar-refractivity contribution in [2.75, 3.05) is 12.4 Å². The van der Waals surface area contributed by atoms with Crippen molar-refractivity contribution in [3.63, 3.8) is 0 Å². The highest BCUT2D eigenvalue weighted by molar-refractivity contribution is 6.06. The number of nitrogens with zero attached hydrogens (tertiary/aromatic N) is 1. The fourth-order valence-electron chi connectivity index (χ4n) is 2.59. The van der Waals surface area contributed by atoms with Crippen LogP contribution in [0.3, 0.4) is 0 Å². The van der Waals surface area contributed by atoms with Gasteiger partial charge in [-0.2, -0.15) is 0 Å². The molecule has 0 radical (unpaired) electrons. The van der Waals surface area contributed by atoms with Crippen molar-refractivity contribution in [3.8, 4) is 5.75 Å². The molecule has 27 heavy (non-hydrogen) atoms. The molecular formula is C21H19N3O3. The number of para-hydroxylation sites is 2. The Labute approximate surface area is 157 Å². The van der Waals surface area contributed by atoms with Crippen LogP contribution in [0.4, 0.5) is 5.69 Å². The molecule has 3 rings (SSSR count). The monoisotopic (exact) mass is 361 g/mol. The summed E-state index contributed by atoms with van der Waals surface area (Å²) in [6, 6.07) is 17.7. The summed E-state index contributed by atoms with van der Waals surface area (Å²) in [6.07, 6.45) is 3.12. The van der Waals surface area contributed by atoms with Crippen molar-refractivity contribution in [2.24, 2.45) is 0 Å². The first-order valence-corrected chi connectivity index (χ1v) is 8.39. The van der Waals surface area contributed by atoms with Gasteiger partial charge in [0.2, 0.25) is 0 Å². The Bertz CT molecular complexity index is 942. The zero-order valence-electron chi connectivity index (χ0n) is 14.8. The molecule has 0 saturated carbocycles. The van der Waals surface area contributed by atoms with E-state index >= 15 is 0 Å². The summed E-state index contributed by atoms with van der Waals surface area (Å²) in [5.41, 5.74) is 2.33. The van der Waals surface area contributed by atoms with E-state index in [9.17, 15) is 9.59 Å². The molecule has 136 valence electrons. The van der Waals surface area contributed by atoms with Gasteiger partial charge >= 0.3 is 0 Å². The molecule has 6 nitrogen and oxygen atoms in total. The molecule has 2 aromatic carbocycles. The summed E-state index contributed by atoms with van der Waals surface area (Å²) in [5.74, 6) is -0.00944. The Morgan fingerprint density at radius 3 is 2.52 bits per heavy atom. The Kier molecular flexibility index (Phi) is 5.79. The summed E-state index contributed by atoms with van der Waals surface area (Å²) >= 11 is 0. The standard InChI is InChI=1S/C21H19N3O3/c1-27-19-11-5-3-9-17(19)21(26)24-18-10-4-2-7-15(18)14-23-20(25)16-8-6-12-22-13-16/h2-13H,14H2,1H3,(H,23,25)(H,24,26). The largest absolute Gasteiger partial charge is 0.496 e. The van der Waals surface area contributed by atoms with Gasteiger partial charge in [-0.05, 0) is 35.9 Å². The maximum absolute atomic E-state index is 12.6. The predicted molar refractivity (Wildman–Crippen MR) is 103 cm³/mol. The van der Waals surface area contributed by atoms with E-state index in [1.165, 1.54) is 13.3 Å². The van der Waals surface area contributed by atoms with Crippen LogP contribution in [0.1, 0.15) is 26.3 Å². The van der Waals surface area contributed by atoms with E-state index in [0.29, 0.717) is 22.6 Å². The van der Waals surface area contributed by atoms with Crippen LogP contribution < -0.4 is 15.4 Å². The van der Waals surface area contributed by atoms with Gasteiger partial charge in [-0.15, -0.1) is 0 Å². The average Bonchev–Trinajstić information content (AvgIpc) is 2.73. The highest BCUT2D eigenvalue weighted by Crippen LogP contribution is 2.21. The fraction of sp³-hybridized carbons (Fsp3) is 0.0952. The first kappa shape index (κ1) is 18.1. The number of amides is 2. The summed E-state index contributed by atoms with van der Waals surface area (Å²) in [7, 11) is 1.52. The van der Waals surface area contributed by atoms with Gasteiger partial charge in [-0.3, -0.25) is 14.6 Å².